The van der Waals surface area contributed by atoms with E-state index in [0.29, 0.717) is 11.3 Å². The van der Waals surface area contributed by atoms with E-state index in [2.05, 4.69) is 17.3 Å². The van der Waals surface area contributed by atoms with Crippen LogP contribution in [0.25, 0.3) is 0 Å². The fourth-order valence-corrected chi connectivity index (χ4v) is 2.99. The predicted molar refractivity (Wildman–Crippen MR) is 57.5 cm³/mol. The van der Waals surface area contributed by atoms with E-state index in [0.717, 1.165) is 6.42 Å². The molecule has 3 heteroatoms. The van der Waals surface area contributed by atoms with E-state index in [-0.39, 0.29) is 0 Å². The van der Waals surface area contributed by atoms with Crippen LogP contribution in [0.3, 0.4) is 0 Å². The highest BCUT2D eigenvalue weighted by Gasteiger charge is 2.25. The number of aryl methyl sites for hydroxylation is 1. The van der Waals surface area contributed by atoms with Gasteiger partial charge in [-0.1, -0.05) is 6.42 Å². The van der Waals surface area contributed by atoms with Crippen molar-refractivity contribution in [2.24, 2.45) is 5.92 Å². The summed E-state index contributed by atoms with van der Waals surface area (Å²) in [5, 5.41) is 3.72. The van der Waals surface area contributed by atoms with Crippen molar-refractivity contribution in [1.82, 2.24) is 4.98 Å². The van der Waals surface area contributed by atoms with Gasteiger partial charge in [-0.2, -0.15) is 0 Å². The van der Waals surface area contributed by atoms with Gasteiger partial charge in [-0.15, -0.1) is 22.9 Å². The van der Waals surface area contributed by atoms with Gasteiger partial charge in [0, 0.05) is 10.8 Å². The molecule has 0 aliphatic heterocycles. The molecule has 1 aliphatic rings. The molecule has 2 atom stereocenters. The lowest BCUT2D eigenvalue weighted by molar-refractivity contribution is 0.546. The summed E-state index contributed by atoms with van der Waals surface area (Å²) in [7, 11) is 0. The molecule has 1 fully saturated rings. The van der Waals surface area contributed by atoms with Gasteiger partial charge in [0.15, 0.2) is 0 Å². The fraction of sp³-hybridized carbons (Fsp3) is 0.700. The Labute approximate surface area is 88.1 Å². The molecule has 13 heavy (non-hydrogen) atoms. The van der Waals surface area contributed by atoms with Crippen molar-refractivity contribution in [3.63, 3.8) is 0 Å². The molecule has 1 nitrogen and oxygen atoms in total. The Hall–Kier alpha value is -0.0800. The van der Waals surface area contributed by atoms with Gasteiger partial charge in [-0.05, 0) is 32.1 Å². The van der Waals surface area contributed by atoms with E-state index < -0.39 is 0 Å². The highest BCUT2D eigenvalue weighted by molar-refractivity contribution is 7.09. The van der Waals surface area contributed by atoms with Crippen molar-refractivity contribution in [3.05, 3.63) is 16.1 Å². The monoisotopic (exact) mass is 215 g/mol. The number of hydrogen-bond donors (Lipinski definition) is 0. The van der Waals surface area contributed by atoms with Gasteiger partial charge >= 0.3 is 0 Å². The predicted octanol–water partition coefficient (Wildman–Crippen LogP) is 3.40. The van der Waals surface area contributed by atoms with Crippen molar-refractivity contribution < 1.29 is 0 Å². The fourth-order valence-electron chi connectivity index (χ4n) is 1.99. The van der Waals surface area contributed by atoms with E-state index in [1.165, 1.54) is 30.0 Å². The lowest BCUT2D eigenvalue weighted by Crippen LogP contribution is -2.10. The molecule has 2 unspecified atom stereocenters. The van der Waals surface area contributed by atoms with Crippen molar-refractivity contribution in [2.45, 2.75) is 38.0 Å². The molecule has 1 aliphatic carbocycles. The Balaban J connectivity index is 1.97. The second-order valence-electron chi connectivity index (χ2n) is 3.77. The number of aromatic nitrogens is 1. The molecular formula is C10H14ClNS. The van der Waals surface area contributed by atoms with Gasteiger partial charge in [0.1, 0.15) is 0 Å². The molecule has 0 saturated heterocycles. The Morgan fingerprint density at radius 3 is 3.00 bits per heavy atom. The van der Waals surface area contributed by atoms with Gasteiger partial charge in [-0.25, -0.2) is 4.98 Å². The molecule has 0 aromatic carbocycles. The Morgan fingerprint density at radius 1 is 1.62 bits per heavy atom. The standard InChI is InChI=1S/C10H14ClNS/c1-7-12-9(6-13-7)5-8-3-2-4-10(8)11/h6,8,10H,2-5H2,1H3. The lowest BCUT2D eigenvalue weighted by atomic mass is 10.0. The first-order chi connectivity index (χ1) is 6.25. The first-order valence-electron chi connectivity index (χ1n) is 4.81. The summed E-state index contributed by atoms with van der Waals surface area (Å²) in [5.41, 5.74) is 1.24. The van der Waals surface area contributed by atoms with Crippen LogP contribution in [0.2, 0.25) is 0 Å². The minimum atomic E-state index is 0.391. The number of thiazole rings is 1. The topological polar surface area (TPSA) is 12.9 Å². The van der Waals surface area contributed by atoms with Crippen LogP contribution in [0.5, 0.6) is 0 Å². The SMILES string of the molecule is Cc1nc(CC2CCCC2Cl)cs1. The first-order valence-corrected chi connectivity index (χ1v) is 6.12. The highest BCUT2D eigenvalue weighted by atomic mass is 35.5. The minimum Gasteiger partial charge on any atom is -0.247 e. The van der Waals surface area contributed by atoms with Gasteiger partial charge in [0.25, 0.3) is 0 Å². The minimum absolute atomic E-state index is 0.391. The zero-order chi connectivity index (χ0) is 9.26. The average Bonchev–Trinajstić information content (AvgIpc) is 2.64. The number of alkyl halides is 1. The maximum Gasteiger partial charge on any atom is 0.0897 e. The van der Waals surface area contributed by atoms with Gasteiger partial charge in [0.2, 0.25) is 0 Å². The number of rotatable bonds is 2. The Kier molecular flexibility index (Phi) is 2.89. The van der Waals surface area contributed by atoms with Crippen molar-refractivity contribution in [1.29, 1.82) is 0 Å². The van der Waals surface area contributed by atoms with E-state index in [1.807, 2.05) is 0 Å². The van der Waals surface area contributed by atoms with Crippen molar-refractivity contribution in [3.8, 4) is 0 Å². The van der Waals surface area contributed by atoms with Crippen molar-refractivity contribution >= 4 is 22.9 Å². The quantitative estimate of drug-likeness (QED) is 0.690. The summed E-state index contributed by atoms with van der Waals surface area (Å²) in [6.45, 7) is 2.06. The lowest BCUT2D eigenvalue weighted by Gasteiger charge is -2.10. The van der Waals surface area contributed by atoms with Crippen LogP contribution in [0, 0.1) is 12.8 Å². The van der Waals surface area contributed by atoms with E-state index in [1.54, 1.807) is 11.3 Å². The second kappa shape index (κ2) is 3.97. The molecule has 1 aromatic rings. The molecule has 0 radical (unpaired) electrons. The van der Waals surface area contributed by atoms with Crippen LogP contribution in [0.4, 0.5) is 0 Å². The van der Waals surface area contributed by atoms with E-state index >= 15 is 0 Å². The summed E-state index contributed by atoms with van der Waals surface area (Å²) in [5.74, 6) is 0.670. The summed E-state index contributed by atoms with van der Waals surface area (Å²) in [4.78, 5) is 4.47. The summed E-state index contributed by atoms with van der Waals surface area (Å²) >= 11 is 7.95. The number of hydrogen-bond acceptors (Lipinski definition) is 2. The molecule has 1 heterocycles. The van der Waals surface area contributed by atoms with Crippen LogP contribution in [-0.2, 0) is 6.42 Å². The molecule has 1 saturated carbocycles. The zero-order valence-electron chi connectivity index (χ0n) is 7.79. The van der Waals surface area contributed by atoms with Crippen molar-refractivity contribution in [2.75, 3.05) is 0 Å². The number of nitrogens with zero attached hydrogens (tertiary/aromatic N) is 1. The maximum atomic E-state index is 6.21. The summed E-state index contributed by atoms with van der Waals surface area (Å²) in [6.07, 6.45) is 4.85. The van der Waals surface area contributed by atoms with E-state index in [9.17, 15) is 0 Å². The van der Waals surface area contributed by atoms with Crippen LogP contribution in [0.1, 0.15) is 30.0 Å². The second-order valence-corrected chi connectivity index (χ2v) is 5.39. The molecule has 0 N–H and O–H groups in total. The highest BCUT2D eigenvalue weighted by Crippen LogP contribution is 2.32. The smallest absolute Gasteiger partial charge is 0.0897 e. The van der Waals surface area contributed by atoms with Crippen LogP contribution in [0.15, 0.2) is 5.38 Å². The Bertz CT molecular complexity index is 284. The normalized spacial score (nSPS) is 28.2. The third kappa shape index (κ3) is 2.23. The molecule has 1 aromatic heterocycles. The van der Waals surface area contributed by atoms with Crippen LogP contribution in [-0.4, -0.2) is 10.4 Å². The third-order valence-corrected chi connectivity index (χ3v) is 4.10. The first kappa shape index (κ1) is 9.47. The van der Waals surface area contributed by atoms with Gasteiger partial charge in [-0.3, -0.25) is 0 Å². The summed E-state index contributed by atoms with van der Waals surface area (Å²) < 4.78 is 0. The largest absolute Gasteiger partial charge is 0.247 e. The molecule has 0 bridgehead atoms. The molecule has 2 rings (SSSR count). The average molecular weight is 216 g/mol. The summed E-state index contributed by atoms with van der Waals surface area (Å²) in [6, 6.07) is 0. The van der Waals surface area contributed by atoms with Crippen LogP contribution >= 0.6 is 22.9 Å². The van der Waals surface area contributed by atoms with Crippen LogP contribution < -0.4 is 0 Å². The molecule has 72 valence electrons. The molecule has 0 amide bonds. The van der Waals surface area contributed by atoms with Gasteiger partial charge in [0.05, 0.1) is 10.7 Å². The maximum absolute atomic E-state index is 6.21. The Morgan fingerprint density at radius 2 is 2.46 bits per heavy atom. The molecule has 0 spiro atoms. The van der Waals surface area contributed by atoms with E-state index in [4.69, 9.17) is 11.6 Å². The van der Waals surface area contributed by atoms with Gasteiger partial charge < -0.3 is 0 Å². The zero-order valence-corrected chi connectivity index (χ0v) is 9.37. The third-order valence-electron chi connectivity index (χ3n) is 2.70. The molecular weight excluding hydrogens is 202 g/mol. The number of halogens is 1.